The SMILES string of the molecule is C=CCCc1ccc(N)cc1.CC#N. The van der Waals surface area contributed by atoms with Crippen LogP contribution in [0.25, 0.3) is 0 Å². The van der Waals surface area contributed by atoms with Gasteiger partial charge in [-0.2, -0.15) is 5.26 Å². The number of hydrogen-bond donors (Lipinski definition) is 1. The van der Waals surface area contributed by atoms with E-state index in [0.29, 0.717) is 0 Å². The smallest absolute Gasteiger partial charge is 0.0587 e. The van der Waals surface area contributed by atoms with Crippen LogP contribution in [0.15, 0.2) is 36.9 Å². The minimum Gasteiger partial charge on any atom is -0.399 e. The molecule has 0 saturated heterocycles. The van der Waals surface area contributed by atoms with Crippen LogP contribution in [0, 0.1) is 11.3 Å². The second kappa shape index (κ2) is 7.88. The molecule has 14 heavy (non-hydrogen) atoms. The van der Waals surface area contributed by atoms with Gasteiger partial charge in [0.15, 0.2) is 0 Å². The van der Waals surface area contributed by atoms with Crippen LogP contribution in [0.3, 0.4) is 0 Å². The number of nitriles is 1. The number of aryl methyl sites for hydroxylation is 1. The quantitative estimate of drug-likeness (QED) is 0.585. The van der Waals surface area contributed by atoms with E-state index in [-0.39, 0.29) is 0 Å². The summed E-state index contributed by atoms with van der Waals surface area (Å²) in [7, 11) is 0. The lowest BCUT2D eigenvalue weighted by Crippen LogP contribution is -1.86. The Hall–Kier alpha value is -1.75. The number of nitrogens with two attached hydrogens (primary N) is 1. The second-order valence-electron chi connectivity index (χ2n) is 2.79. The predicted octanol–water partition coefficient (Wildman–Crippen LogP) is 2.92. The fourth-order valence-electron chi connectivity index (χ4n) is 0.953. The summed E-state index contributed by atoms with van der Waals surface area (Å²) in [6.45, 7) is 5.10. The Bertz CT molecular complexity index is 293. The summed E-state index contributed by atoms with van der Waals surface area (Å²) >= 11 is 0. The second-order valence-corrected chi connectivity index (χ2v) is 2.79. The van der Waals surface area contributed by atoms with Crippen molar-refractivity contribution in [1.82, 2.24) is 0 Å². The van der Waals surface area contributed by atoms with Crippen LogP contribution < -0.4 is 5.73 Å². The minimum atomic E-state index is 0.826. The van der Waals surface area contributed by atoms with Gasteiger partial charge in [-0.25, -0.2) is 0 Å². The Morgan fingerprint density at radius 3 is 2.36 bits per heavy atom. The molecule has 0 aliphatic carbocycles. The number of benzene rings is 1. The monoisotopic (exact) mass is 188 g/mol. The van der Waals surface area contributed by atoms with Crippen molar-refractivity contribution in [3.05, 3.63) is 42.5 Å². The van der Waals surface area contributed by atoms with E-state index in [4.69, 9.17) is 11.0 Å². The third-order valence-electron chi connectivity index (χ3n) is 1.62. The van der Waals surface area contributed by atoms with Crippen molar-refractivity contribution in [2.45, 2.75) is 19.8 Å². The molecule has 0 amide bonds. The summed E-state index contributed by atoms with van der Waals surface area (Å²) in [5.41, 5.74) is 7.68. The van der Waals surface area contributed by atoms with E-state index >= 15 is 0 Å². The van der Waals surface area contributed by atoms with Crippen LogP contribution in [0.5, 0.6) is 0 Å². The van der Waals surface area contributed by atoms with Crippen molar-refractivity contribution in [1.29, 1.82) is 5.26 Å². The zero-order chi connectivity index (χ0) is 10.8. The largest absolute Gasteiger partial charge is 0.399 e. The standard InChI is InChI=1S/C10H13N.C2H3N/c1-2-3-4-9-5-7-10(11)8-6-9;1-2-3/h2,5-8H,1,3-4,11H2;1H3. The van der Waals surface area contributed by atoms with Crippen molar-refractivity contribution in [3.8, 4) is 6.07 Å². The first kappa shape index (κ1) is 12.2. The van der Waals surface area contributed by atoms with E-state index in [1.54, 1.807) is 6.07 Å². The minimum absolute atomic E-state index is 0.826. The molecule has 1 aromatic carbocycles. The molecule has 1 rings (SSSR count). The molecule has 0 unspecified atom stereocenters. The average Bonchev–Trinajstić information content (AvgIpc) is 2.18. The Morgan fingerprint density at radius 1 is 1.43 bits per heavy atom. The molecule has 0 heterocycles. The maximum atomic E-state index is 7.32. The summed E-state index contributed by atoms with van der Waals surface area (Å²) in [4.78, 5) is 0. The van der Waals surface area contributed by atoms with Gasteiger partial charge >= 0.3 is 0 Å². The molecule has 0 aliphatic rings. The van der Waals surface area contributed by atoms with Gasteiger partial charge < -0.3 is 5.73 Å². The number of nitrogens with zero attached hydrogens (tertiary/aromatic N) is 1. The summed E-state index contributed by atoms with van der Waals surface area (Å²) in [6, 6.07) is 9.72. The summed E-state index contributed by atoms with van der Waals surface area (Å²) < 4.78 is 0. The molecule has 0 aliphatic heterocycles. The van der Waals surface area contributed by atoms with Crippen molar-refractivity contribution in [2.75, 3.05) is 5.73 Å². The molecular formula is C12H16N2. The van der Waals surface area contributed by atoms with E-state index in [2.05, 4.69) is 18.7 Å². The van der Waals surface area contributed by atoms with Crippen molar-refractivity contribution in [3.63, 3.8) is 0 Å². The Morgan fingerprint density at radius 2 is 1.93 bits per heavy atom. The number of anilines is 1. The molecule has 0 aromatic heterocycles. The molecule has 1 aromatic rings. The van der Waals surface area contributed by atoms with E-state index in [1.807, 2.05) is 18.2 Å². The molecule has 74 valence electrons. The summed E-state index contributed by atoms with van der Waals surface area (Å²) in [5.74, 6) is 0. The topological polar surface area (TPSA) is 49.8 Å². The third-order valence-corrected chi connectivity index (χ3v) is 1.62. The van der Waals surface area contributed by atoms with E-state index < -0.39 is 0 Å². The molecule has 0 fully saturated rings. The van der Waals surface area contributed by atoms with Crippen LogP contribution >= 0.6 is 0 Å². The first-order valence-electron chi connectivity index (χ1n) is 4.50. The molecule has 0 spiro atoms. The molecular weight excluding hydrogens is 172 g/mol. The molecule has 2 N–H and O–H groups in total. The lowest BCUT2D eigenvalue weighted by atomic mass is 10.1. The van der Waals surface area contributed by atoms with Crippen LogP contribution in [-0.2, 0) is 6.42 Å². The lowest BCUT2D eigenvalue weighted by molar-refractivity contribution is 1.00. The average molecular weight is 188 g/mol. The highest BCUT2D eigenvalue weighted by molar-refractivity contribution is 5.39. The summed E-state index contributed by atoms with van der Waals surface area (Å²) in [5, 5.41) is 7.32. The highest BCUT2D eigenvalue weighted by Crippen LogP contribution is 2.07. The van der Waals surface area contributed by atoms with Crippen molar-refractivity contribution >= 4 is 5.69 Å². The van der Waals surface area contributed by atoms with Crippen molar-refractivity contribution in [2.24, 2.45) is 0 Å². The number of allylic oxidation sites excluding steroid dienone is 1. The highest BCUT2D eigenvalue weighted by Gasteiger charge is 1.89. The van der Waals surface area contributed by atoms with Gasteiger partial charge in [0.05, 0.1) is 6.07 Å². The Kier molecular flexibility index (Phi) is 6.89. The number of rotatable bonds is 3. The molecule has 0 atom stereocenters. The van der Waals surface area contributed by atoms with E-state index in [9.17, 15) is 0 Å². The van der Waals surface area contributed by atoms with Crippen molar-refractivity contribution < 1.29 is 0 Å². The number of nitrogen functional groups attached to an aromatic ring is 1. The normalized spacial score (nSPS) is 8.00. The molecule has 2 heteroatoms. The maximum absolute atomic E-state index is 7.32. The van der Waals surface area contributed by atoms with Crippen LogP contribution in [0.1, 0.15) is 18.9 Å². The molecule has 2 nitrogen and oxygen atoms in total. The van der Waals surface area contributed by atoms with Gasteiger partial charge in [-0.3, -0.25) is 0 Å². The first-order valence-corrected chi connectivity index (χ1v) is 4.50. The fourth-order valence-corrected chi connectivity index (χ4v) is 0.953. The maximum Gasteiger partial charge on any atom is 0.0587 e. The number of hydrogen-bond acceptors (Lipinski definition) is 2. The van der Waals surface area contributed by atoms with Crippen LogP contribution in [0.2, 0.25) is 0 Å². The van der Waals surface area contributed by atoms with Gasteiger partial charge in [0.1, 0.15) is 0 Å². The zero-order valence-corrected chi connectivity index (χ0v) is 8.53. The first-order chi connectivity index (χ1) is 6.74. The Balaban J connectivity index is 0.000000500. The van der Waals surface area contributed by atoms with Gasteiger partial charge in [0, 0.05) is 12.6 Å². The Labute approximate surface area is 85.7 Å². The molecule has 0 saturated carbocycles. The fraction of sp³-hybridized carbons (Fsp3) is 0.250. The van der Waals surface area contributed by atoms with Gasteiger partial charge in [-0.05, 0) is 30.5 Å². The van der Waals surface area contributed by atoms with Gasteiger partial charge in [-0.1, -0.05) is 18.2 Å². The third kappa shape index (κ3) is 5.84. The lowest BCUT2D eigenvalue weighted by Gasteiger charge is -1.97. The molecule has 0 radical (unpaired) electrons. The van der Waals surface area contributed by atoms with Gasteiger partial charge in [0.2, 0.25) is 0 Å². The van der Waals surface area contributed by atoms with Gasteiger partial charge in [-0.15, -0.1) is 6.58 Å². The van der Waals surface area contributed by atoms with Crippen LogP contribution in [-0.4, -0.2) is 0 Å². The van der Waals surface area contributed by atoms with E-state index in [1.165, 1.54) is 12.5 Å². The van der Waals surface area contributed by atoms with Gasteiger partial charge in [0.25, 0.3) is 0 Å². The zero-order valence-electron chi connectivity index (χ0n) is 8.53. The highest BCUT2D eigenvalue weighted by atomic mass is 14.5. The summed E-state index contributed by atoms with van der Waals surface area (Å²) in [6.07, 6.45) is 4.02. The molecule has 0 bridgehead atoms. The predicted molar refractivity (Wildman–Crippen MR) is 60.7 cm³/mol. The van der Waals surface area contributed by atoms with E-state index in [0.717, 1.165) is 18.5 Å². The van der Waals surface area contributed by atoms with Crippen LogP contribution in [0.4, 0.5) is 5.69 Å².